The van der Waals surface area contributed by atoms with Crippen molar-refractivity contribution in [1.82, 2.24) is 9.55 Å². The van der Waals surface area contributed by atoms with Crippen LogP contribution in [0.1, 0.15) is 5.56 Å². The van der Waals surface area contributed by atoms with Crippen LogP contribution in [0.5, 0.6) is 0 Å². The van der Waals surface area contributed by atoms with Gasteiger partial charge in [-0.05, 0) is 90.8 Å². The molecule has 9 aromatic carbocycles. The Balaban J connectivity index is 1.12. The van der Waals surface area contributed by atoms with Crippen molar-refractivity contribution in [2.45, 2.75) is 0 Å². The molecule has 0 amide bonds. The van der Waals surface area contributed by atoms with Gasteiger partial charge < -0.3 is 4.57 Å². The molecule has 0 atom stereocenters. The highest BCUT2D eigenvalue weighted by atomic mass is 15.0. The van der Waals surface area contributed by atoms with E-state index in [2.05, 4.69) is 168 Å². The number of fused-ring (bicyclic) bond motifs is 3. The average molecular weight is 672 g/mol. The number of para-hydroxylation sites is 1. The second kappa shape index (κ2) is 11.4. The van der Waals surface area contributed by atoms with E-state index < -0.39 is 0 Å². The van der Waals surface area contributed by atoms with Gasteiger partial charge in [-0.25, -0.2) is 0 Å². The topological polar surface area (TPSA) is 41.6 Å². The molecule has 11 aromatic rings. The van der Waals surface area contributed by atoms with Gasteiger partial charge in [0.2, 0.25) is 0 Å². The van der Waals surface area contributed by atoms with E-state index in [-0.39, 0.29) is 0 Å². The number of nitriles is 1. The quantitative estimate of drug-likeness (QED) is 0.138. The summed E-state index contributed by atoms with van der Waals surface area (Å²) in [6.07, 6.45) is 2.04. The van der Waals surface area contributed by atoms with E-state index in [0.29, 0.717) is 5.56 Å². The number of hydrogen-bond acceptors (Lipinski definition) is 2. The molecule has 53 heavy (non-hydrogen) atoms. The summed E-state index contributed by atoms with van der Waals surface area (Å²) < 4.78 is 2.31. The van der Waals surface area contributed by atoms with Crippen molar-refractivity contribution < 1.29 is 0 Å². The maximum atomic E-state index is 10.0. The lowest BCUT2D eigenvalue weighted by Gasteiger charge is -2.19. The Morgan fingerprint density at radius 2 is 1.04 bits per heavy atom. The van der Waals surface area contributed by atoms with Crippen molar-refractivity contribution in [3.8, 4) is 45.3 Å². The smallest absolute Gasteiger partial charge is 0.0998 e. The van der Waals surface area contributed by atoms with E-state index in [9.17, 15) is 5.26 Å². The zero-order valence-corrected chi connectivity index (χ0v) is 28.6. The zero-order chi connectivity index (χ0) is 35.0. The van der Waals surface area contributed by atoms with Crippen molar-refractivity contribution >= 4 is 64.9 Å². The standard InChI is InChI=1S/C50H29N3/c51-29-32-22-27-45-49-36(32)23-24-43-37(25-28-46(50(43)49)53(45)34-13-2-1-3-14-34)44-26-21-33(30-52-44)47-39-16-6-8-18-41(39)48(42-19-9-7-17-40(42)47)38-20-10-12-31-11-4-5-15-35(31)38/h1-28,30H. The van der Waals surface area contributed by atoms with Gasteiger partial charge in [-0.1, -0.05) is 133 Å². The highest BCUT2D eigenvalue weighted by Gasteiger charge is 2.22. The lowest BCUT2D eigenvalue weighted by Crippen LogP contribution is -1.94. The van der Waals surface area contributed by atoms with Gasteiger partial charge in [-0.2, -0.15) is 5.26 Å². The molecule has 3 nitrogen and oxygen atoms in total. The molecule has 0 bridgehead atoms. The Hall–Kier alpha value is -7.28. The molecular formula is C50H29N3. The molecule has 0 N–H and O–H groups in total. The Kier molecular flexibility index (Phi) is 6.32. The van der Waals surface area contributed by atoms with Gasteiger partial charge >= 0.3 is 0 Å². The van der Waals surface area contributed by atoms with Crippen molar-refractivity contribution in [3.63, 3.8) is 0 Å². The summed E-state index contributed by atoms with van der Waals surface area (Å²) in [4.78, 5) is 5.18. The molecular weight excluding hydrogens is 643 g/mol. The Labute approximate surface area is 305 Å². The maximum absolute atomic E-state index is 10.0. The van der Waals surface area contributed by atoms with E-state index in [1.807, 2.05) is 18.3 Å². The summed E-state index contributed by atoms with van der Waals surface area (Å²) in [5, 5.41) is 21.7. The highest BCUT2D eigenvalue weighted by Crippen LogP contribution is 2.46. The second-order valence-electron chi connectivity index (χ2n) is 13.8. The van der Waals surface area contributed by atoms with E-state index in [4.69, 9.17) is 4.98 Å². The first-order valence-electron chi connectivity index (χ1n) is 17.9. The Morgan fingerprint density at radius 3 is 1.74 bits per heavy atom. The Bertz CT molecular complexity index is 3210. The number of benzene rings is 9. The number of hydrogen-bond donors (Lipinski definition) is 0. The molecule has 0 aliphatic carbocycles. The fraction of sp³-hybridized carbons (Fsp3) is 0. The molecule has 0 aliphatic rings. The predicted molar refractivity (Wildman–Crippen MR) is 221 cm³/mol. The number of pyridine rings is 1. The van der Waals surface area contributed by atoms with Crippen LogP contribution in [0.2, 0.25) is 0 Å². The van der Waals surface area contributed by atoms with Gasteiger partial charge in [0, 0.05) is 39.2 Å². The normalized spacial score (nSPS) is 11.8. The highest BCUT2D eigenvalue weighted by molar-refractivity contribution is 6.27. The molecule has 0 saturated carbocycles. The molecule has 2 heterocycles. The molecule has 244 valence electrons. The van der Waals surface area contributed by atoms with Crippen LogP contribution in [-0.2, 0) is 0 Å². The molecule has 0 unspecified atom stereocenters. The van der Waals surface area contributed by atoms with E-state index in [0.717, 1.165) is 55.1 Å². The second-order valence-corrected chi connectivity index (χ2v) is 13.8. The van der Waals surface area contributed by atoms with Crippen LogP contribution in [0.15, 0.2) is 176 Å². The zero-order valence-electron chi connectivity index (χ0n) is 28.6. The number of aromatic nitrogens is 2. The third kappa shape index (κ3) is 4.24. The SMILES string of the molecule is N#Cc1ccc2c3c1ccc1c(-c4ccc(-c5c6ccccc6c(-c6cccc7ccccc67)c6ccccc56)cn4)ccc(c13)n2-c1ccccc1. The summed E-state index contributed by atoms with van der Waals surface area (Å²) in [7, 11) is 0. The van der Waals surface area contributed by atoms with E-state index in [1.54, 1.807) is 0 Å². The van der Waals surface area contributed by atoms with E-state index >= 15 is 0 Å². The van der Waals surface area contributed by atoms with Gasteiger partial charge in [-0.3, -0.25) is 4.98 Å². The Morgan fingerprint density at radius 1 is 0.434 bits per heavy atom. The van der Waals surface area contributed by atoms with Crippen LogP contribution >= 0.6 is 0 Å². The summed E-state index contributed by atoms with van der Waals surface area (Å²) >= 11 is 0. The van der Waals surface area contributed by atoms with Crippen LogP contribution in [0.25, 0.3) is 104 Å². The maximum Gasteiger partial charge on any atom is 0.0998 e. The minimum absolute atomic E-state index is 0.685. The van der Waals surface area contributed by atoms with Crippen molar-refractivity contribution in [3.05, 3.63) is 182 Å². The molecule has 0 radical (unpaired) electrons. The van der Waals surface area contributed by atoms with Crippen LogP contribution in [-0.4, -0.2) is 9.55 Å². The predicted octanol–water partition coefficient (Wildman–Crippen LogP) is 13.1. The van der Waals surface area contributed by atoms with Gasteiger partial charge in [0.25, 0.3) is 0 Å². The largest absolute Gasteiger partial charge is 0.309 e. The molecule has 0 saturated heterocycles. The number of nitrogens with zero attached hydrogens (tertiary/aromatic N) is 3. The lowest BCUT2D eigenvalue weighted by molar-refractivity contribution is 1.18. The van der Waals surface area contributed by atoms with Gasteiger partial charge in [0.05, 0.1) is 28.4 Å². The summed E-state index contributed by atoms with van der Waals surface area (Å²) in [6.45, 7) is 0. The van der Waals surface area contributed by atoms with Crippen molar-refractivity contribution in [2.24, 2.45) is 0 Å². The summed E-state index contributed by atoms with van der Waals surface area (Å²) in [6, 6.07) is 62.8. The molecule has 2 aromatic heterocycles. The van der Waals surface area contributed by atoms with Gasteiger partial charge in [0.1, 0.15) is 0 Å². The molecule has 0 fully saturated rings. The fourth-order valence-corrected chi connectivity index (χ4v) is 8.81. The molecule has 0 aliphatic heterocycles. The van der Waals surface area contributed by atoms with Crippen LogP contribution in [0.3, 0.4) is 0 Å². The first-order chi connectivity index (χ1) is 26.3. The molecule has 3 heteroatoms. The van der Waals surface area contributed by atoms with Crippen LogP contribution in [0, 0.1) is 11.3 Å². The third-order valence-corrected chi connectivity index (χ3v) is 11.0. The van der Waals surface area contributed by atoms with Crippen LogP contribution in [0.4, 0.5) is 0 Å². The van der Waals surface area contributed by atoms with Crippen LogP contribution < -0.4 is 0 Å². The monoisotopic (exact) mass is 671 g/mol. The van der Waals surface area contributed by atoms with Gasteiger partial charge in [-0.15, -0.1) is 0 Å². The minimum atomic E-state index is 0.685. The molecule has 0 spiro atoms. The lowest BCUT2D eigenvalue weighted by atomic mass is 9.85. The average Bonchev–Trinajstić information content (AvgIpc) is 3.57. The number of rotatable bonds is 4. The first kappa shape index (κ1) is 29.5. The third-order valence-electron chi connectivity index (χ3n) is 11.0. The summed E-state index contributed by atoms with van der Waals surface area (Å²) in [5.41, 5.74) is 10.7. The van der Waals surface area contributed by atoms with Crippen molar-refractivity contribution in [1.29, 1.82) is 5.26 Å². The van der Waals surface area contributed by atoms with Crippen molar-refractivity contribution in [2.75, 3.05) is 0 Å². The molecule has 11 rings (SSSR count). The van der Waals surface area contributed by atoms with Gasteiger partial charge in [0.15, 0.2) is 0 Å². The fourth-order valence-electron chi connectivity index (χ4n) is 8.81. The van der Waals surface area contributed by atoms with E-state index in [1.165, 1.54) is 49.0 Å². The summed E-state index contributed by atoms with van der Waals surface area (Å²) in [5.74, 6) is 0. The minimum Gasteiger partial charge on any atom is -0.309 e. The first-order valence-corrected chi connectivity index (χ1v) is 17.9.